The van der Waals surface area contributed by atoms with Crippen molar-refractivity contribution < 1.29 is 14.6 Å². The number of aliphatic hydroxyl groups is 1. The van der Waals surface area contributed by atoms with Crippen molar-refractivity contribution in [1.82, 2.24) is 19.8 Å². The van der Waals surface area contributed by atoms with Crippen LogP contribution in [0.15, 0.2) is 30.7 Å². The predicted molar refractivity (Wildman–Crippen MR) is 124 cm³/mol. The summed E-state index contributed by atoms with van der Waals surface area (Å²) in [6.45, 7) is 3.37. The zero-order valence-corrected chi connectivity index (χ0v) is 19.4. The number of likely N-dealkylation sites (tertiary alicyclic amines) is 2. The lowest BCUT2D eigenvalue weighted by Gasteiger charge is -2.61. The number of imidazole rings is 1. The summed E-state index contributed by atoms with van der Waals surface area (Å²) in [6.07, 6.45) is 9.48. The number of nitrogens with zero attached hydrogens (tertiary/aromatic N) is 3. The van der Waals surface area contributed by atoms with Gasteiger partial charge >= 0.3 is 0 Å². The topological polar surface area (TPSA) is 81.7 Å². The zero-order chi connectivity index (χ0) is 22.6. The van der Waals surface area contributed by atoms with E-state index in [1.807, 2.05) is 4.90 Å². The van der Waals surface area contributed by atoms with E-state index in [0.29, 0.717) is 25.9 Å². The number of aromatic amines is 1. The highest BCUT2D eigenvalue weighted by molar-refractivity contribution is 5.78. The number of amides is 1. The van der Waals surface area contributed by atoms with Crippen LogP contribution in [0.1, 0.15) is 48.9 Å². The summed E-state index contributed by atoms with van der Waals surface area (Å²) in [4.78, 5) is 24.8. The van der Waals surface area contributed by atoms with E-state index in [4.69, 9.17) is 4.74 Å². The number of methoxy groups -OCH3 is 1. The highest BCUT2D eigenvalue weighted by Gasteiger charge is 2.63. The molecular weight excluding hydrogens is 416 g/mol. The molecule has 4 aliphatic rings. The van der Waals surface area contributed by atoms with Crippen LogP contribution in [0.4, 0.5) is 0 Å². The maximum Gasteiger partial charge on any atom is 0.228 e. The third-order valence-corrected chi connectivity index (χ3v) is 8.90. The van der Waals surface area contributed by atoms with Crippen molar-refractivity contribution in [2.24, 2.45) is 5.92 Å². The Labute approximate surface area is 195 Å². The lowest BCUT2D eigenvalue weighted by Crippen LogP contribution is -2.71. The van der Waals surface area contributed by atoms with Crippen molar-refractivity contribution in [1.29, 1.82) is 0 Å². The van der Waals surface area contributed by atoms with E-state index in [1.54, 1.807) is 19.6 Å². The molecule has 2 N–H and O–H groups in total. The van der Waals surface area contributed by atoms with Gasteiger partial charge in [0.25, 0.3) is 0 Å². The Balaban J connectivity index is 1.36. The van der Waals surface area contributed by atoms with Crippen LogP contribution in [-0.2, 0) is 23.1 Å². The molecule has 1 aromatic heterocycles. The molecule has 3 atom stereocenters. The molecule has 3 unspecified atom stereocenters. The first-order chi connectivity index (χ1) is 16.0. The largest absolute Gasteiger partial charge is 0.497 e. The van der Waals surface area contributed by atoms with Gasteiger partial charge in [0.1, 0.15) is 5.75 Å². The van der Waals surface area contributed by atoms with Crippen LogP contribution in [0.25, 0.3) is 0 Å². The first-order valence-electron chi connectivity index (χ1n) is 12.4. The summed E-state index contributed by atoms with van der Waals surface area (Å²) in [5.41, 5.74) is 2.23. The lowest BCUT2D eigenvalue weighted by atomic mass is 9.52. The summed E-state index contributed by atoms with van der Waals surface area (Å²) in [7, 11) is 1.71. The van der Waals surface area contributed by atoms with Crippen LogP contribution in [0.5, 0.6) is 5.75 Å². The molecule has 0 spiro atoms. The Kier molecular flexibility index (Phi) is 5.03. The number of H-pyrrole nitrogens is 1. The Hall–Kier alpha value is -2.38. The molecule has 3 heterocycles. The third-order valence-electron chi connectivity index (χ3n) is 8.90. The maximum absolute atomic E-state index is 13.1. The van der Waals surface area contributed by atoms with E-state index in [2.05, 4.69) is 33.1 Å². The molecule has 7 nitrogen and oxygen atoms in total. The van der Waals surface area contributed by atoms with Crippen molar-refractivity contribution in [3.63, 3.8) is 0 Å². The number of hydrogen-bond acceptors (Lipinski definition) is 5. The van der Waals surface area contributed by atoms with E-state index in [-0.39, 0.29) is 17.4 Å². The number of ether oxygens (including phenoxy) is 1. The van der Waals surface area contributed by atoms with Crippen LogP contribution in [-0.4, -0.2) is 75.7 Å². The third kappa shape index (κ3) is 3.39. The molecule has 2 saturated heterocycles. The summed E-state index contributed by atoms with van der Waals surface area (Å²) in [6, 6.07) is 6.53. The number of fused-ring (bicyclic) bond motifs is 1. The predicted octanol–water partition coefficient (Wildman–Crippen LogP) is 2.29. The lowest BCUT2D eigenvalue weighted by molar-refractivity contribution is -0.149. The molecule has 33 heavy (non-hydrogen) atoms. The molecule has 3 fully saturated rings. The van der Waals surface area contributed by atoms with Crippen molar-refractivity contribution in [2.45, 2.75) is 62.0 Å². The van der Waals surface area contributed by atoms with E-state index in [1.165, 1.54) is 24.0 Å². The highest BCUT2D eigenvalue weighted by atomic mass is 16.5. The molecule has 1 amide bonds. The molecule has 176 valence electrons. The number of hydrogen-bond donors (Lipinski definition) is 2. The van der Waals surface area contributed by atoms with Gasteiger partial charge in [-0.1, -0.05) is 6.07 Å². The molecule has 2 aliphatic carbocycles. The van der Waals surface area contributed by atoms with Gasteiger partial charge in [0.2, 0.25) is 5.91 Å². The number of carbonyl (C=O) groups excluding carboxylic acids is 1. The Morgan fingerprint density at radius 1 is 1.24 bits per heavy atom. The molecule has 6 rings (SSSR count). The minimum absolute atomic E-state index is 0.105. The average molecular weight is 451 g/mol. The van der Waals surface area contributed by atoms with Gasteiger partial charge in [-0.2, -0.15) is 0 Å². The summed E-state index contributed by atoms with van der Waals surface area (Å²) >= 11 is 0. The Morgan fingerprint density at radius 3 is 2.82 bits per heavy atom. The maximum atomic E-state index is 13.1. The number of aromatic nitrogens is 2. The summed E-state index contributed by atoms with van der Waals surface area (Å²) in [5, 5.41) is 12.6. The zero-order valence-electron chi connectivity index (χ0n) is 19.4. The van der Waals surface area contributed by atoms with Gasteiger partial charge in [-0.25, -0.2) is 4.98 Å². The van der Waals surface area contributed by atoms with Crippen molar-refractivity contribution in [2.75, 3.05) is 33.3 Å². The fraction of sp³-hybridized carbons (Fsp3) is 0.615. The summed E-state index contributed by atoms with van der Waals surface area (Å²) < 4.78 is 5.59. The number of carbonyl (C=O) groups is 1. The van der Waals surface area contributed by atoms with Gasteiger partial charge in [0, 0.05) is 43.0 Å². The minimum Gasteiger partial charge on any atom is -0.497 e. The monoisotopic (exact) mass is 450 g/mol. The number of rotatable bonds is 5. The standard InChI is InChI=1S/C26H34N4O3/c1-33-21-5-4-19-12-23-26(32)8-11-29(24(31)13-20-15-27-17-28-20)9-6-25(26,22(19)14-21)7-10-30(23)16-18-2-3-18/h4-5,14-15,17-18,23,32H,2-3,6-13,16H2,1H3,(H,27,28). The van der Waals surface area contributed by atoms with Crippen molar-refractivity contribution >= 4 is 5.91 Å². The second-order valence-corrected chi connectivity index (χ2v) is 10.6. The van der Waals surface area contributed by atoms with Gasteiger partial charge in [-0.15, -0.1) is 0 Å². The van der Waals surface area contributed by atoms with E-state index < -0.39 is 5.60 Å². The van der Waals surface area contributed by atoms with E-state index in [9.17, 15) is 9.90 Å². The van der Waals surface area contributed by atoms with Gasteiger partial charge in [-0.3, -0.25) is 9.69 Å². The fourth-order valence-electron chi connectivity index (χ4n) is 6.89. The van der Waals surface area contributed by atoms with Crippen molar-refractivity contribution in [3.05, 3.63) is 47.5 Å². The van der Waals surface area contributed by atoms with Gasteiger partial charge in [-0.05, 0) is 74.2 Å². The first-order valence-corrected chi connectivity index (χ1v) is 12.4. The molecule has 0 radical (unpaired) electrons. The number of piperidine rings is 1. The second-order valence-electron chi connectivity index (χ2n) is 10.6. The van der Waals surface area contributed by atoms with E-state index in [0.717, 1.165) is 49.7 Å². The Morgan fingerprint density at radius 2 is 2.06 bits per heavy atom. The molecule has 2 aromatic rings. The quantitative estimate of drug-likeness (QED) is 0.731. The van der Waals surface area contributed by atoms with Crippen LogP contribution < -0.4 is 4.74 Å². The normalized spacial score (nSPS) is 31.5. The number of nitrogens with one attached hydrogen (secondary N) is 1. The van der Waals surface area contributed by atoms with Crippen molar-refractivity contribution in [3.8, 4) is 5.75 Å². The molecular formula is C26H34N4O3. The van der Waals surface area contributed by atoms with Crippen LogP contribution >= 0.6 is 0 Å². The van der Waals surface area contributed by atoms with Crippen LogP contribution in [0.3, 0.4) is 0 Å². The minimum atomic E-state index is -0.845. The molecule has 2 bridgehead atoms. The fourth-order valence-corrected chi connectivity index (χ4v) is 6.89. The summed E-state index contributed by atoms with van der Waals surface area (Å²) in [5.74, 6) is 1.74. The smallest absolute Gasteiger partial charge is 0.228 e. The molecule has 7 heteroatoms. The highest BCUT2D eigenvalue weighted by Crippen LogP contribution is 2.56. The molecule has 2 aliphatic heterocycles. The number of benzene rings is 1. The van der Waals surface area contributed by atoms with Crippen LogP contribution in [0.2, 0.25) is 0 Å². The van der Waals surface area contributed by atoms with Crippen LogP contribution in [0, 0.1) is 5.92 Å². The second kappa shape index (κ2) is 7.84. The van der Waals surface area contributed by atoms with E-state index >= 15 is 0 Å². The Bertz CT molecular complexity index is 1040. The van der Waals surface area contributed by atoms with Gasteiger partial charge in [0.15, 0.2) is 0 Å². The SMILES string of the molecule is COc1ccc2c(c1)C13CCN(C(=O)Cc4cnc[nH]4)CCC1(O)C(C2)N(CC1CC1)CC3. The van der Waals surface area contributed by atoms with Gasteiger partial charge < -0.3 is 19.7 Å². The first kappa shape index (κ1) is 21.2. The van der Waals surface area contributed by atoms with Gasteiger partial charge in [0.05, 0.1) is 25.5 Å². The average Bonchev–Trinajstić information content (AvgIpc) is 3.52. The molecule has 1 saturated carbocycles. The molecule has 1 aromatic carbocycles.